The Bertz CT molecular complexity index is 633. The maximum Gasteiger partial charge on any atom is 0.240 e. The van der Waals surface area contributed by atoms with Crippen molar-refractivity contribution in [1.29, 1.82) is 0 Å². The van der Waals surface area contributed by atoms with Crippen LogP contribution in [0.15, 0.2) is 0 Å². The van der Waals surface area contributed by atoms with Gasteiger partial charge in [-0.05, 0) is 26.9 Å². The van der Waals surface area contributed by atoms with Crippen molar-refractivity contribution in [2.75, 3.05) is 46.2 Å². The summed E-state index contributed by atoms with van der Waals surface area (Å²) in [5, 5.41) is 36.2. The SMILES string of the molecule is CC(=O)SCC=O.CNC(CO)C(=O)NC(C=O)CO.CNC(CO)C(=O)NCCCCCC(N)=O. The standard InChI is InChI=1S/C10H21N3O3.C7H14N2O4.C4H6O2S/c1-12-8(7-14)10(16)13-6-4-2-3-5-9(11)15;1-8-6(4-12)7(13)9-5(2-10)3-11;1-4(6)7-3-2-5/h8,12,14H,2-7H2,1H3,(H2,11,15)(H,13,16);2,5-6,8,11-12H,3-4H2,1H3,(H,9,13);2H,3H2,1H3. The average Bonchev–Trinajstić information content (AvgIpc) is 2.85. The number of nitrogens with two attached hydrogens (primary N) is 1. The molecule has 0 aromatic carbocycles. The van der Waals surface area contributed by atoms with E-state index in [-0.39, 0.29) is 35.9 Å². The number of thioether (sulfide) groups is 1. The third-order valence-corrected chi connectivity index (χ3v) is 4.85. The Kier molecular flexibility index (Phi) is 28.8. The van der Waals surface area contributed by atoms with E-state index < -0.39 is 30.6 Å². The van der Waals surface area contributed by atoms with Gasteiger partial charge in [-0.2, -0.15) is 0 Å². The fourth-order valence-corrected chi connectivity index (χ4v) is 2.41. The van der Waals surface area contributed by atoms with Gasteiger partial charge in [-0.25, -0.2) is 0 Å². The van der Waals surface area contributed by atoms with Gasteiger partial charge in [0.05, 0.1) is 25.6 Å². The number of likely N-dealkylation sites (N-methyl/N-ethyl adjacent to an activating group) is 2. The molecule has 0 spiro atoms. The quantitative estimate of drug-likeness (QED) is 0.0662. The molecule has 36 heavy (non-hydrogen) atoms. The van der Waals surface area contributed by atoms with Crippen LogP contribution in [-0.4, -0.2) is 115 Å². The molecular weight excluding hydrogens is 498 g/mol. The van der Waals surface area contributed by atoms with E-state index in [2.05, 4.69) is 21.3 Å². The van der Waals surface area contributed by atoms with Crippen molar-refractivity contribution < 1.29 is 44.1 Å². The van der Waals surface area contributed by atoms with Gasteiger partial charge in [0.2, 0.25) is 17.7 Å². The minimum atomic E-state index is -0.908. The van der Waals surface area contributed by atoms with E-state index >= 15 is 0 Å². The monoisotopic (exact) mass is 539 g/mol. The van der Waals surface area contributed by atoms with Crippen molar-refractivity contribution in [1.82, 2.24) is 21.3 Å². The third kappa shape index (κ3) is 24.7. The van der Waals surface area contributed by atoms with Crippen LogP contribution in [0.4, 0.5) is 0 Å². The van der Waals surface area contributed by atoms with Crippen molar-refractivity contribution in [2.45, 2.75) is 50.7 Å². The van der Waals surface area contributed by atoms with Crippen LogP contribution in [0.2, 0.25) is 0 Å². The second-order valence-corrected chi connectivity index (χ2v) is 8.22. The number of carbonyl (C=O) groups is 6. The highest BCUT2D eigenvalue weighted by Gasteiger charge is 2.18. The lowest BCUT2D eigenvalue weighted by molar-refractivity contribution is -0.127. The lowest BCUT2D eigenvalue weighted by atomic mass is 10.2. The van der Waals surface area contributed by atoms with Crippen LogP contribution in [-0.2, 0) is 28.8 Å². The summed E-state index contributed by atoms with van der Waals surface area (Å²) in [7, 11) is 3.13. The van der Waals surface area contributed by atoms with E-state index in [9.17, 15) is 28.8 Å². The zero-order valence-corrected chi connectivity index (χ0v) is 21.8. The Morgan fingerprint density at radius 3 is 1.81 bits per heavy atom. The van der Waals surface area contributed by atoms with Crippen LogP contribution >= 0.6 is 11.8 Å². The van der Waals surface area contributed by atoms with Crippen LogP contribution < -0.4 is 27.0 Å². The molecule has 0 fully saturated rings. The summed E-state index contributed by atoms with van der Waals surface area (Å²) >= 11 is 1.02. The number of aldehydes is 2. The van der Waals surface area contributed by atoms with Crippen molar-refractivity contribution in [3.8, 4) is 0 Å². The molecule has 14 nitrogen and oxygen atoms in total. The first-order valence-electron chi connectivity index (χ1n) is 11.1. The Balaban J connectivity index is -0.000000488. The van der Waals surface area contributed by atoms with E-state index in [0.717, 1.165) is 31.0 Å². The topological polar surface area (TPSA) is 237 Å². The molecule has 0 aromatic heterocycles. The van der Waals surface area contributed by atoms with E-state index in [4.69, 9.17) is 21.1 Å². The highest BCUT2D eigenvalue weighted by Crippen LogP contribution is 1.98. The molecule has 210 valence electrons. The summed E-state index contributed by atoms with van der Waals surface area (Å²) in [6, 6.07) is -2.21. The number of hydrogen-bond donors (Lipinski definition) is 8. The normalized spacial score (nSPS) is 12.3. The summed E-state index contributed by atoms with van der Waals surface area (Å²) in [6.07, 6.45) is 3.95. The first-order valence-corrected chi connectivity index (χ1v) is 12.1. The number of amides is 3. The van der Waals surface area contributed by atoms with Gasteiger partial charge in [0.15, 0.2) is 5.12 Å². The molecule has 0 aliphatic carbocycles. The summed E-state index contributed by atoms with van der Waals surface area (Å²) in [6.45, 7) is 0.963. The number of hydrogen-bond acceptors (Lipinski definition) is 12. The summed E-state index contributed by atoms with van der Waals surface area (Å²) in [5.74, 6) is -0.731. The fraction of sp³-hybridized carbons (Fsp3) is 0.714. The maximum atomic E-state index is 11.3. The number of primary amides is 1. The Morgan fingerprint density at radius 1 is 0.889 bits per heavy atom. The zero-order valence-electron chi connectivity index (χ0n) is 21.0. The lowest BCUT2D eigenvalue weighted by Crippen LogP contribution is -2.50. The number of nitrogens with one attached hydrogen (secondary N) is 4. The van der Waals surface area contributed by atoms with E-state index in [1.807, 2.05) is 0 Å². The summed E-state index contributed by atoms with van der Waals surface area (Å²) < 4.78 is 0. The Morgan fingerprint density at radius 2 is 1.44 bits per heavy atom. The molecule has 0 aliphatic rings. The van der Waals surface area contributed by atoms with E-state index in [1.165, 1.54) is 14.0 Å². The van der Waals surface area contributed by atoms with Gasteiger partial charge in [-0.15, -0.1) is 0 Å². The number of carbonyl (C=O) groups excluding carboxylic acids is 6. The number of unbranched alkanes of at least 4 members (excludes halogenated alkanes) is 2. The lowest BCUT2D eigenvalue weighted by Gasteiger charge is -2.15. The molecule has 0 aromatic rings. The molecule has 15 heteroatoms. The number of rotatable bonds is 17. The Labute approximate surface area is 215 Å². The van der Waals surface area contributed by atoms with Crippen LogP contribution in [0.25, 0.3) is 0 Å². The smallest absolute Gasteiger partial charge is 0.240 e. The molecule has 0 saturated carbocycles. The predicted octanol–water partition coefficient (Wildman–Crippen LogP) is -3.56. The van der Waals surface area contributed by atoms with Gasteiger partial charge < -0.3 is 51.9 Å². The molecule has 3 atom stereocenters. The largest absolute Gasteiger partial charge is 0.394 e. The summed E-state index contributed by atoms with van der Waals surface area (Å²) in [5.41, 5.74) is 4.99. The highest BCUT2D eigenvalue weighted by molar-refractivity contribution is 8.14. The molecule has 3 unspecified atom stereocenters. The third-order valence-electron chi connectivity index (χ3n) is 4.14. The minimum Gasteiger partial charge on any atom is -0.394 e. The van der Waals surface area contributed by atoms with Crippen LogP contribution in [0.3, 0.4) is 0 Å². The number of aliphatic hydroxyl groups excluding tert-OH is 3. The first kappa shape index (κ1) is 38.1. The molecule has 0 radical (unpaired) electrons. The van der Waals surface area contributed by atoms with Gasteiger partial charge in [0.25, 0.3) is 0 Å². The second-order valence-electron chi connectivity index (χ2n) is 7.02. The molecule has 0 saturated heterocycles. The van der Waals surface area contributed by atoms with Gasteiger partial charge in [-0.3, -0.25) is 19.2 Å². The van der Waals surface area contributed by atoms with Crippen LogP contribution in [0.1, 0.15) is 32.6 Å². The van der Waals surface area contributed by atoms with Crippen molar-refractivity contribution >= 4 is 47.2 Å². The summed E-state index contributed by atoms with van der Waals surface area (Å²) in [4.78, 5) is 62.6. The van der Waals surface area contributed by atoms with Crippen molar-refractivity contribution in [3.05, 3.63) is 0 Å². The van der Waals surface area contributed by atoms with E-state index in [1.54, 1.807) is 7.05 Å². The van der Waals surface area contributed by atoms with Crippen LogP contribution in [0, 0.1) is 0 Å². The predicted molar refractivity (Wildman–Crippen MR) is 135 cm³/mol. The molecule has 0 aliphatic heterocycles. The number of aliphatic hydroxyl groups is 3. The van der Waals surface area contributed by atoms with Gasteiger partial charge in [0, 0.05) is 19.9 Å². The van der Waals surface area contributed by atoms with Crippen LogP contribution in [0.5, 0.6) is 0 Å². The minimum absolute atomic E-state index is 0.00731. The highest BCUT2D eigenvalue weighted by atomic mass is 32.2. The molecule has 0 bridgehead atoms. The molecule has 9 N–H and O–H groups in total. The van der Waals surface area contributed by atoms with Gasteiger partial charge in [-0.1, -0.05) is 18.2 Å². The molecule has 0 rings (SSSR count). The average molecular weight is 540 g/mol. The van der Waals surface area contributed by atoms with Crippen molar-refractivity contribution in [2.24, 2.45) is 5.73 Å². The van der Waals surface area contributed by atoms with Gasteiger partial charge >= 0.3 is 0 Å². The zero-order chi connectivity index (χ0) is 28.4. The molecule has 3 amide bonds. The maximum absolute atomic E-state index is 11.3. The molecule has 0 heterocycles. The van der Waals surface area contributed by atoms with Crippen molar-refractivity contribution in [3.63, 3.8) is 0 Å². The van der Waals surface area contributed by atoms with E-state index in [0.29, 0.717) is 25.5 Å². The fourth-order valence-electron chi connectivity index (χ4n) is 2.10. The second kappa shape index (κ2) is 27.2. The first-order chi connectivity index (χ1) is 17.1. The Hall–Kier alpha value is -2.43. The van der Waals surface area contributed by atoms with Gasteiger partial charge in [0.1, 0.15) is 30.7 Å². The molecular formula is C21H41N5O9S.